The second-order valence-corrected chi connectivity index (χ2v) is 5.07. The van der Waals surface area contributed by atoms with Crippen molar-refractivity contribution in [2.75, 3.05) is 19.8 Å². The first kappa shape index (κ1) is 11.4. The summed E-state index contributed by atoms with van der Waals surface area (Å²) < 4.78 is 11.2. The molecule has 2 N–H and O–H groups in total. The van der Waals surface area contributed by atoms with Gasteiger partial charge in [-0.05, 0) is 25.7 Å². The Hall–Kier alpha value is -0.120. The lowest BCUT2D eigenvalue weighted by atomic mass is 9.83. The predicted molar refractivity (Wildman–Crippen MR) is 59.8 cm³/mol. The molecule has 0 radical (unpaired) electrons. The van der Waals surface area contributed by atoms with Crippen molar-refractivity contribution in [3.63, 3.8) is 0 Å². The maximum atomic E-state index is 6.28. The zero-order chi connectivity index (χ0) is 10.6. The number of rotatable bonds is 4. The van der Waals surface area contributed by atoms with Gasteiger partial charge in [-0.1, -0.05) is 19.3 Å². The summed E-state index contributed by atoms with van der Waals surface area (Å²) in [4.78, 5) is 0. The minimum atomic E-state index is -0.0448. The molecule has 1 saturated heterocycles. The molecule has 0 bridgehead atoms. The zero-order valence-electron chi connectivity index (χ0n) is 9.54. The van der Waals surface area contributed by atoms with Gasteiger partial charge in [0, 0.05) is 12.1 Å². The van der Waals surface area contributed by atoms with Gasteiger partial charge in [0.2, 0.25) is 0 Å². The van der Waals surface area contributed by atoms with Crippen LogP contribution in [0, 0.1) is 0 Å². The molecule has 2 fully saturated rings. The molecule has 1 aliphatic heterocycles. The highest BCUT2D eigenvalue weighted by molar-refractivity contribution is 4.87. The monoisotopic (exact) mass is 213 g/mol. The van der Waals surface area contributed by atoms with Crippen LogP contribution in [-0.2, 0) is 9.47 Å². The number of hydrogen-bond donors (Lipinski definition) is 1. The molecule has 2 rings (SSSR count). The van der Waals surface area contributed by atoms with Gasteiger partial charge in [-0.2, -0.15) is 0 Å². The lowest BCUT2D eigenvalue weighted by Crippen LogP contribution is -2.46. The second-order valence-electron chi connectivity index (χ2n) is 5.07. The van der Waals surface area contributed by atoms with Crippen LogP contribution in [0.15, 0.2) is 0 Å². The van der Waals surface area contributed by atoms with Crippen molar-refractivity contribution in [2.45, 2.75) is 56.6 Å². The van der Waals surface area contributed by atoms with Crippen LogP contribution >= 0.6 is 0 Å². The number of ether oxygens (including phenoxy) is 2. The first-order chi connectivity index (χ1) is 7.29. The van der Waals surface area contributed by atoms with E-state index in [0.717, 1.165) is 32.5 Å². The first-order valence-corrected chi connectivity index (χ1v) is 6.27. The summed E-state index contributed by atoms with van der Waals surface area (Å²) in [5.41, 5.74) is 6.23. The highest BCUT2D eigenvalue weighted by Crippen LogP contribution is 2.26. The van der Waals surface area contributed by atoms with E-state index in [1.54, 1.807) is 0 Å². The van der Waals surface area contributed by atoms with E-state index in [1.165, 1.54) is 25.7 Å². The standard InChI is InChI=1S/C12H23NO2/c13-12(6-2-1-3-7-12)10-14-9-11-5-4-8-15-11/h11H,1-10,13H2. The molecule has 0 aromatic rings. The van der Waals surface area contributed by atoms with E-state index in [1.807, 2.05) is 0 Å². The van der Waals surface area contributed by atoms with Crippen LogP contribution in [0.5, 0.6) is 0 Å². The highest BCUT2D eigenvalue weighted by atomic mass is 16.5. The largest absolute Gasteiger partial charge is 0.377 e. The number of hydrogen-bond acceptors (Lipinski definition) is 3. The molecule has 1 heterocycles. The van der Waals surface area contributed by atoms with E-state index >= 15 is 0 Å². The first-order valence-electron chi connectivity index (χ1n) is 6.27. The van der Waals surface area contributed by atoms with Crippen LogP contribution in [-0.4, -0.2) is 31.5 Å². The van der Waals surface area contributed by atoms with E-state index in [2.05, 4.69) is 0 Å². The summed E-state index contributed by atoms with van der Waals surface area (Å²) >= 11 is 0. The van der Waals surface area contributed by atoms with Gasteiger partial charge in [-0.3, -0.25) is 0 Å². The quantitative estimate of drug-likeness (QED) is 0.775. The molecule has 1 aliphatic carbocycles. The molecule has 3 nitrogen and oxygen atoms in total. The van der Waals surface area contributed by atoms with Crippen LogP contribution in [0.1, 0.15) is 44.9 Å². The van der Waals surface area contributed by atoms with Gasteiger partial charge in [-0.15, -0.1) is 0 Å². The Labute approximate surface area is 92.3 Å². The summed E-state index contributed by atoms with van der Waals surface area (Å²) in [7, 11) is 0. The fourth-order valence-electron chi connectivity index (χ4n) is 2.57. The van der Waals surface area contributed by atoms with Crippen LogP contribution in [0.2, 0.25) is 0 Å². The van der Waals surface area contributed by atoms with Gasteiger partial charge in [0.05, 0.1) is 19.3 Å². The SMILES string of the molecule is NC1(COCC2CCCO2)CCCCC1. The zero-order valence-corrected chi connectivity index (χ0v) is 9.54. The lowest BCUT2D eigenvalue weighted by Gasteiger charge is -2.33. The maximum absolute atomic E-state index is 6.28. The predicted octanol–water partition coefficient (Wildman–Crippen LogP) is 1.84. The van der Waals surface area contributed by atoms with Crippen LogP contribution in [0.4, 0.5) is 0 Å². The molecule has 88 valence electrons. The van der Waals surface area contributed by atoms with Crippen LogP contribution in [0.3, 0.4) is 0 Å². The fraction of sp³-hybridized carbons (Fsp3) is 1.00. The van der Waals surface area contributed by atoms with Gasteiger partial charge in [0.25, 0.3) is 0 Å². The summed E-state index contributed by atoms with van der Waals surface area (Å²) in [6, 6.07) is 0. The van der Waals surface area contributed by atoms with Gasteiger partial charge in [-0.25, -0.2) is 0 Å². The van der Waals surface area contributed by atoms with Crippen molar-refractivity contribution in [3.8, 4) is 0 Å². The minimum Gasteiger partial charge on any atom is -0.377 e. The minimum absolute atomic E-state index is 0.0448. The molecule has 15 heavy (non-hydrogen) atoms. The molecule has 2 aliphatic rings. The molecular weight excluding hydrogens is 190 g/mol. The van der Waals surface area contributed by atoms with Crippen molar-refractivity contribution in [1.29, 1.82) is 0 Å². The normalized spacial score (nSPS) is 30.6. The van der Waals surface area contributed by atoms with Crippen molar-refractivity contribution in [1.82, 2.24) is 0 Å². The molecule has 0 amide bonds. The third-order valence-corrected chi connectivity index (χ3v) is 3.57. The van der Waals surface area contributed by atoms with Crippen molar-refractivity contribution >= 4 is 0 Å². The van der Waals surface area contributed by atoms with E-state index < -0.39 is 0 Å². The van der Waals surface area contributed by atoms with Crippen LogP contribution in [0.25, 0.3) is 0 Å². The maximum Gasteiger partial charge on any atom is 0.0809 e. The topological polar surface area (TPSA) is 44.5 Å². The lowest BCUT2D eigenvalue weighted by molar-refractivity contribution is -0.00537. The van der Waals surface area contributed by atoms with Crippen LogP contribution < -0.4 is 5.73 Å². The van der Waals surface area contributed by atoms with Gasteiger partial charge in [0.15, 0.2) is 0 Å². The third-order valence-electron chi connectivity index (χ3n) is 3.57. The Morgan fingerprint density at radius 1 is 1.20 bits per heavy atom. The Kier molecular flexibility index (Phi) is 4.00. The van der Waals surface area contributed by atoms with E-state index in [4.69, 9.17) is 15.2 Å². The Morgan fingerprint density at radius 3 is 2.67 bits per heavy atom. The molecule has 1 atom stereocenters. The van der Waals surface area contributed by atoms with E-state index in [9.17, 15) is 0 Å². The summed E-state index contributed by atoms with van der Waals surface area (Å²) in [5, 5.41) is 0. The van der Waals surface area contributed by atoms with Gasteiger partial charge < -0.3 is 15.2 Å². The van der Waals surface area contributed by atoms with Crippen molar-refractivity contribution in [2.24, 2.45) is 5.73 Å². The van der Waals surface area contributed by atoms with E-state index in [-0.39, 0.29) is 5.54 Å². The average molecular weight is 213 g/mol. The summed E-state index contributed by atoms with van der Waals surface area (Å²) in [6.45, 7) is 2.35. The third kappa shape index (κ3) is 3.44. The second kappa shape index (κ2) is 5.28. The Morgan fingerprint density at radius 2 is 2.00 bits per heavy atom. The molecule has 0 spiro atoms. The average Bonchev–Trinajstić information content (AvgIpc) is 2.71. The highest BCUT2D eigenvalue weighted by Gasteiger charge is 2.28. The Balaban J connectivity index is 1.63. The van der Waals surface area contributed by atoms with Crippen molar-refractivity contribution < 1.29 is 9.47 Å². The number of nitrogens with two attached hydrogens (primary N) is 1. The fourth-order valence-corrected chi connectivity index (χ4v) is 2.57. The Bertz CT molecular complexity index is 184. The summed E-state index contributed by atoms with van der Waals surface area (Å²) in [6.07, 6.45) is 8.78. The van der Waals surface area contributed by atoms with Gasteiger partial charge >= 0.3 is 0 Å². The molecule has 0 aromatic carbocycles. The smallest absolute Gasteiger partial charge is 0.0809 e. The van der Waals surface area contributed by atoms with Crippen molar-refractivity contribution in [3.05, 3.63) is 0 Å². The molecule has 1 saturated carbocycles. The molecule has 1 unspecified atom stereocenters. The van der Waals surface area contributed by atoms with Gasteiger partial charge in [0.1, 0.15) is 0 Å². The molecule has 0 aromatic heterocycles. The van der Waals surface area contributed by atoms with E-state index in [0.29, 0.717) is 12.7 Å². The summed E-state index contributed by atoms with van der Waals surface area (Å²) in [5.74, 6) is 0. The molecule has 3 heteroatoms. The molecular formula is C12H23NO2.